The number of rotatable bonds is 5. The van der Waals surface area contributed by atoms with Crippen molar-refractivity contribution in [1.29, 1.82) is 0 Å². The highest BCUT2D eigenvalue weighted by Crippen LogP contribution is 2.22. The first-order valence-corrected chi connectivity index (χ1v) is 7.31. The zero-order chi connectivity index (χ0) is 14.5. The van der Waals surface area contributed by atoms with Gasteiger partial charge in [-0.25, -0.2) is 0 Å². The molecule has 1 unspecified atom stereocenters. The number of carbonyl (C=O) groups is 1. The van der Waals surface area contributed by atoms with E-state index in [1.54, 1.807) is 0 Å². The number of halogens is 1. The molecule has 1 amide bonds. The van der Waals surface area contributed by atoms with Gasteiger partial charge in [0.05, 0.1) is 0 Å². The summed E-state index contributed by atoms with van der Waals surface area (Å²) in [5.41, 5.74) is 2.05. The fourth-order valence-electron chi connectivity index (χ4n) is 1.77. The molecule has 0 aliphatic carbocycles. The van der Waals surface area contributed by atoms with Crippen LogP contribution in [-0.4, -0.2) is 17.8 Å². The average Bonchev–Trinajstić information content (AvgIpc) is 2.37. The molecule has 1 N–H and O–H groups in total. The Morgan fingerprint density at radius 2 is 1.84 bits per heavy atom. The van der Waals surface area contributed by atoms with E-state index in [0.717, 1.165) is 12.8 Å². The summed E-state index contributed by atoms with van der Waals surface area (Å²) in [6.07, 6.45) is 1.74. The van der Waals surface area contributed by atoms with E-state index < -0.39 is 0 Å². The summed E-state index contributed by atoms with van der Waals surface area (Å²) in [6.45, 7) is 9.15. The molecule has 1 rings (SSSR count). The van der Waals surface area contributed by atoms with E-state index in [1.807, 2.05) is 31.2 Å². The van der Waals surface area contributed by atoms with Gasteiger partial charge in [0.1, 0.15) is 0 Å². The van der Waals surface area contributed by atoms with Gasteiger partial charge in [0, 0.05) is 17.5 Å². The molecular weight excluding hydrogens is 258 g/mol. The summed E-state index contributed by atoms with van der Waals surface area (Å²) in [5.74, 6) is -0.0274. The van der Waals surface area contributed by atoms with Gasteiger partial charge in [0.15, 0.2) is 0 Å². The molecule has 19 heavy (non-hydrogen) atoms. The predicted molar refractivity (Wildman–Crippen MR) is 82.0 cm³/mol. The Labute approximate surface area is 121 Å². The fourth-order valence-corrected chi connectivity index (χ4v) is 1.88. The summed E-state index contributed by atoms with van der Waals surface area (Å²) in [5, 5.41) is 3.04. The number of hydrogen-bond donors (Lipinski definition) is 1. The van der Waals surface area contributed by atoms with Gasteiger partial charge in [-0.3, -0.25) is 4.79 Å². The molecule has 106 valence electrons. The van der Waals surface area contributed by atoms with E-state index in [2.05, 4.69) is 26.1 Å². The van der Waals surface area contributed by atoms with Gasteiger partial charge in [0.2, 0.25) is 0 Å². The van der Waals surface area contributed by atoms with Crippen molar-refractivity contribution in [1.82, 2.24) is 5.32 Å². The second-order valence-electron chi connectivity index (χ2n) is 5.88. The summed E-state index contributed by atoms with van der Waals surface area (Å²) < 4.78 is 0. The third-order valence-corrected chi connectivity index (χ3v) is 3.73. The molecule has 3 heteroatoms. The van der Waals surface area contributed by atoms with Crippen molar-refractivity contribution in [3.63, 3.8) is 0 Å². The van der Waals surface area contributed by atoms with Crippen LogP contribution in [0.25, 0.3) is 0 Å². The van der Waals surface area contributed by atoms with Crippen molar-refractivity contribution in [3.05, 3.63) is 35.4 Å². The van der Waals surface area contributed by atoms with E-state index in [-0.39, 0.29) is 16.7 Å². The van der Waals surface area contributed by atoms with Crippen LogP contribution in [0.1, 0.15) is 56.5 Å². The first-order chi connectivity index (χ1) is 8.84. The third kappa shape index (κ3) is 5.23. The van der Waals surface area contributed by atoms with Crippen LogP contribution in [-0.2, 0) is 5.41 Å². The van der Waals surface area contributed by atoms with Crippen molar-refractivity contribution >= 4 is 17.5 Å². The number of benzene rings is 1. The Kier molecular flexibility index (Phi) is 5.86. The van der Waals surface area contributed by atoms with Crippen LogP contribution in [0.15, 0.2) is 24.3 Å². The van der Waals surface area contributed by atoms with E-state index in [1.165, 1.54) is 5.56 Å². The van der Waals surface area contributed by atoms with Crippen molar-refractivity contribution < 1.29 is 4.79 Å². The first kappa shape index (κ1) is 16.0. The van der Waals surface area contributed by atoms with Crippen LogP contribution >= 0.6 is 11.6 Å². The smallest absolute Gasteiger partial charge is 0.251 e. The summed E-state index contributed by atoms with van der Waals surface area (Å²) in [4.78, 5) is 11.9. The highest BCUT2D eigenvalue weighted by Gasteiger charge is 2.14. The van der Waals surface area contributed by atoms with Crippen molar-refractivity contribution in [2.24, 2.45) is 0 Å². The molecule has 0 spiro atoms. The minimum atomic E-state index is -0.0274. The van der Waals surface area contributed by atoms with E-state index in [0.29, 0.717) is 12.1 Å². The Morgan fingerprint density at radius 1 is 1.26 bits per heavy atom. The molecule has 2 nitrogen and oxygen atoms in total. The predicted octanol–water partition coefficient (Wildman–Crippen LogP) is 4.12. The average molecular weight is 282 g/mol. The monoisotopic (exact) mass is 281 g/mol. The minimum Gasteiger partial charge on any atom is -0.352 e. The van der Waals surface area contributed by atoms with Gasteiger partial charge in [-0.15, -0.1) is 11.6 Å². The second kappa shape index (κ2) is 6.95. The standard InChI is InChI=1S/C16H24ClNO/c1-5-14(17)10-11-18-15(19)12-6-8-13(9-7-12)16(2,3)4/h6-9,14H,5,10-11H2,1-4H3,(H,18,19). The van der Waals surface area contributed by atoms with Gasteiger partial charge < -0.3 is 5.32 Å². The molecule has 0 heterocycles. The van der Waals surface area contributed by atoms with Gasteiger partial charge in [-0.05, 0) is 36.0 Å². The molecule has 0 aromatic heterocycles. The topological polar surface area (TPSA) is 29.1 Å². The van der Waals surface area contributed by atoms with Crippen LogP contribution in [0.4, 0.5) is 0 Å². The first-order valence-electron chi connectivity index (χ1n) is 6.87. The number of amides is 1. The molecule has 0 saturated heterocycles. The molecule has 1 atom stereocenters. The fraction of sp³-hybridized carbons (Fsp3) is 0.562. The SMILES string of the molecule is CCC(Cl)CCNC(=O)c1ccc(C(C)(C)C)cc1. The van der Waals surface area contributed by atoms with Crippen LogP contribution in [0.2, 0.25) is 0 Å². The molecule has 0 radical (unpaired) electrons. The lowest BCUT2D eigenvalue weighted by atomic mass is 9.87. The Bertz CT molecular complexity index is 406. The third-order valence-electron chi connectivity index (χ3n) is 3.20. The molecule has 0 saturated carbocycles. The zero-order valence-corrected chi connectivity index (χ0v) is 13.1. The zero-order valence-electron chi connectivity index (χ0n) is 12.3. The summed E-state index contributed by atoms with van der Waals surface area (Å²) in [6, 6.07) is 7.80. The largest absolute Gasteiger partial charge is 0.352 e. The number of carbonyl (C=O) groups excluding carboxylic acids is 1. The van der Waals surface area contributed by atoms with Crippen LogP contribution in [0.5, 0.6) is 0 Å². The van der Waals surface area contributed by atoms with Gasteiger partial charge >= 0.3 is 0 Å². The quantitative estimate of drug-likeness (QED) is 0.808. The Balaban J connectivity index is 2.54. The maximum absolute atomic E-state index is 11.9. The number of hydrogen-bond acceptors (Lipinski definition) is 1. The van der Waals surface area contributed by atoms with Gasteiger partial charge in [0.25, 0.3) is 5.91 Å². The molecular formula is C16H24ClNO. The van der Waals surface area contributed by atoms with Crippen LogP contribution < -0.4 is 5.32 Å². The summed E-state index contributed by atoms with van der Waals surface area (Å²) in [7, 11) is 0. The van der Waals surface area contributed by atoms with Crippen LogP contribution in [0.3, 0.4) is 0 Å². The highest BCUT2D eigenvalue weighted by molar-refractivity contribution is 6.20. The number of nitrogens with one attached hydrogen (secondary N) is 1. The Hall–Kier alpha value is -1.02. The lowest BCUT2D eigenvalue weighted by Crippen LogP contribution is -2.26. The Morgan fingerprint density at radius 3 is 2.32 bits per heavy atom. The molecule has 0 fully saturated rings. The van der Waals surface area contributed by atoms with Crippen molar-refractivity contribution in [3.8, 4) is 0 Å². The maximum atomic E-state index is 11.9. The van der Waals surface area contributed by atoms with Gasteiger partial charge in [-0.2, -0.15) is 0 Å². The van der Waals surface area contributed by atoms with Gasteiger partial charge in [-0.1, -0.05) is 39.8 Å². The molecule has 0 aliphatic heterocycles. The molecule has 0 bridgehead atoms. The lowest BCUT2D eigenvalue weighted by molar-refractivity contribution is 0.0953. The van der Waals surface area contributed by atoms with E-state index in [9.17, 15) is 4.79 Å². The minimum absolute atomic E-state index is 0.0274. The second-order valence-corrected chi connectivity index (χ2v) is 6.49. The molecule has 1 aromatic carbocycles. The normalized spacial score (nSPS) is 13.1. The molecule has 0 aliphatic rings. The van der Waals surface area contributed by atoms with Crippen LogP contribution in [0, 0.1) is 0 Å². The lowest BCUT2D eigenvalue weighted by Gasteiger charge is -2.19. The number of alkyl halides is 1. The van der Waals surface area contributed by atoms with Crippen molar-refractivity contribution in [2.45, 2.75) is 51.3 Å². The molecule has 1 aromatic rings. The summed E-state index contributed by atoms with van der Waals surface area (Å²) >= 11 is 6.01. The highest BCUT2D eigenvalue weighted by atomic mass is 35.5. The van der Waals surface area contributed by atoms with Crippen molar-refractivity contribution in [2.75, 3.05) is 6.54 Å². The van der Waals surface area contributed by atoms with E-state index in [4.69, 9.17) is 11.6 Å². The maximum Gasteiger partial charge on any atom is 0.251 e. The van der Waals surface area contributed by atoms with E-state index >= 15 is 0 Å².